The Kier molecular flexibility index (Phi) is 1050000. The van der Waals surface area contributed by atoms with E-state index < -0.39 is 0 Å². The zero-order valence-electron chi connectivity index (χ0n) is 2.98. The van der Waals surface area contributed by atoms with Gasteiger partial charge in [0.15, 0.2) is 0 Å². The first-order chi connectivity index (χ1) is 2.00. The second-order valence-electron chi connectivity index (χ2n) is 0. The summed E-state index contributed by atoms with van der Waals surface area (Å²) < 4.78 is 0. The monoisotopic (exact) mass is 238 g/mol. The van der Waals surface area contributed by atoms with Crippen LogP contribution in [0.5, 0.6) is 0 Å². The molecule has 0 spiro atoms. The Hall–Kier alpha value is -0.0117. The van der Waals surface area contributed by atoms with E-state index in [0.717, 1.165) is 0 Å². The van der Waals surface area contributed by atoms with E-state index in [1.54, 1.807) is 0 Å². The Morgan fingerprint density at radius 3 is 1.00 bits per heavy atom. The molecule has 0 amide bonds. The van der Waals surface area contributed by atoms with Crippen LogP contribution in [0.25, 0.3) is 0 Å². The molecule has 0 aromatic heterocycles. The summed E-state index contributed by atoms with van der Waals surface area (Å²) in [6.07, 6.45) is 8.00. The minimum atomic E-state index is 0. The Morgan fingerprint density at radius 2 is 1.00 bits per heavy atom. The topological polar surface area (TPSA) is 0 Å². The van der Waals surface area contributed by atoms with Crippen LogP contribution in [0.3, 0.4) is 0 Å². The summed E-state index contributed by atoms with van der Waals surface area (Å²) >= 11 is 0. The molecule has 0 aliphatic heterocycles. The standard InChI is InChI=1S/C2H4.C2H2.W/c2*1-2;/h1-2H2;1-2H;. The molecular formula is C4H6W. The maximum Gasteiger partial charge on any atom is 0 e. The first-order valence-corrected chi connectivity index (χ1v) is 0.833. The molecule has 0 radical (unpaired) electrons. The second kappa shape index (κ2) is 261000. The average molecular weight is 238 g/mol. The molecule has 1 heteroatoms. The molecule has 0 saturated carbocycles. The van der Waals surface area contributed by atoms with Crippen molar-refractivity contribution in [1.82, 2.24) is 0 Å². The van der Waals surface area contributed by atoms with Gasteiger partial charge in [-0.1, -0.05) is 0 Å². The molecular weight excluding hydrogens is 232 g/mol. The van der Waals surface area contributed by atoms with Gasteiger partial charge in [0.05, 0.1) is 0 Å². The van der Waals surface area contributed by atoms with Crippen LogP contribution in [0, 0.1) is 12.8 Å². The van der Waals surface area contributed by atoms with Crippen molar-refractivity contribution in [2.45, 2.75) is 0 Å². The van der Waals surface area contributed by atoms with Crippen LogP contribution >= 0.6 is 0 Å². The van der Waals surface area contributed by atoms with Gasteiger partial charge in [0.2, 0.25) is 0 Å². The summed E-state index contributed by atoms with van der Waals surface area (Å²) in [5, 5.41) is 0. The van der Waals surface area contributed by atoms with E-state index in [2.05, 4.69) is 26.0 Å². The summed E-state index contributed by atoms with van der Waals surface area (Å²) in [4.78, 5) is 0. The third kappa shape index (κ3) is 115000. The smallest absolute Gasteiger partial charge is 0 e. The molecule has 0 aromatic carbocycles. The predicted octanol–water partition coefficient (Wildman–Crippen LogP) is 1.05. The number of hydrogen-bond acceptors (Lipinski definition) is 0. The quantitative estimate of drug-likeness (QED) is 0.437. The van der Waals surface area contributed by atoms with Crippen molar-refractivity contribution in [2.75, 3.05) is 0 Å². The molecule has 0 heterocycles. The van der Waals surface area contributed by atoms with Gasteiger partial charge in [0.1, 0.15) is 0 Å². The van der Waals surface area contributed by atoms with Crippen molar-refractivity contribution >= 4 is 0 Å². The second-order valence-corrected chi connectivity index (χ2v) is 0. The molecule has 0 atom stereocenters. The van der Waals surface area contributed by atoms with Crippen molar-refractivity contribution in [3.63, 3.8) is 0 Å². The van der Waals surface area contributed by atoms with Gasteiger partial charge >= 0.3 is 0 Å². The third-order valence-electron chi connectivity index (χ3n) is 0. The van der Waals surface area contributed by atoms with Crippen molar-refractivity contribution in [3.8, 4) is 12.8 Å². The summed E-state index contributed by atoms with van der Waals surface area (Å²) in [6, 6.07) is 0. The normalized spacial score (nSPS) is 1.20. The Morgan fingerprint density at radius 1 is 1.00 bits per heavy atom. The fourth-order valence-electron chi connectivity index (χ4n) is 0. The number of rotatable bonds is 0. The van der Waals surface area contributed by atoms with Gasteiger partial charge in [-0.05, 0) is 0 Å². The van der Waals surface area contributed by atoms with Crippen LogP contribution in [0.2, 0.25) is 0 Å². The maximum atomic E-state index is 4.00. The Balaban J connectivity index is -0.0000000133. The maximum absolute atomic E-state index is 4.00. The molecule has 0 bridgehead atoms. The minimum Gasteiger partial charge on any atom is -0.124 e. The van der Waals surface area contributed by atoms with Crippen LogP contribution in [0.1, 0.15) is 0 Å². The van der Waals surface area contributed by atoms with Crippen molar-refractivity contribution in [2.24, 2.45) is 0 Å². The first-order valence-electron chi connectivity index (χ1n) is 0.833. The van der Waals surface area contributed by atoms with Crippen molar-refractivity contribution in [3.05, 3.63) is 13.2 Å². The van der Waals surface area contributed by atoms with Gasteiger partial charge in [-0.2, -0.15) is 0 Å². The average Bonchev–Trinajstić information content (AvgIpc) is 1.50. The van der Waals surface area contributed by atoms with Crippen LogP contribution < -0.4 is 0 Å². The predicted molar refractivity (Wildman–Crippen MR) is 21.1 cm³/mol. The Bertz CT molecular complexity index is 14.9. The molecule has 0 nitrogen and oxygen atoms in total. The number of hydrogen-bond donors (Lipinski definition) is 0. The van der Waals surface area contributed by atoms with E-state index in [0.29, 0.717) is 0 Å². The van der Waals surface area contributed by atoms with E-state index in [1.165, 1.54) is 0 Å². The zero-order valence-corrected chi connectivity index (χ0v) is 5.91. The fourth-order valence-corrected chi connectivity index (χ4v) is 0. The Labute approximate surface area is 47.5 Å². The van der Waals surface area contributed by atoms with Crippen LogP contribution in [0.15, 0.2) is 13.2 Å². The van der Waals surface area contributed by atoms with Crippen LogP contribution in [-0.4, -0.2) is 0 Å². The van der Waals surface area contributed by atoms with Crippen LogP contribution in [-0.2, 0) is 21.1 Å². The van der Waals surface area contributed by atoms with E-state index in [9.17, 15) is 0 Å². The first kappa shape index (κ1) is 20.1. The van der Waals surface area contributed by atoms with Gasteiger partial charge in [-0.3, -0.25) is 0 Å². The molecule has 0 unspecified atom stereocenters. The van der Waals surface area contributed by atoms with E-state index in [-0.39, 0.29) is 21.1 Å². The molecule has 0 rings (SSSR count). The van der Waals surface area contributed by atoms with Gasteiger partial charge < -0.3 is 0 Å². The largest absolute Gasteiger partial charge is 0.124 e. The number of terminal acetylenes is 1. The van der Waals surface area contributed by atoms with Gasteiger partial charge in [-0.25, -0.2) is 0 Å². The van der Waals surface area contributed by atoms with Crippen molar-refractivity contribution < 1.29 is 21.1 Å². The summed E-state index contributed by atoms with van der Waals surface area (Å²) in [7, 11) is 0. The molecule has 5 heavy (non-hydrogen) atoms. The van der Waals surface area contributed by atoms with E-state index in [1.807, 2.05) is 0 Å². The van der Waals surface area contributed by atoms with Crippen LogP contribution in [0.4, 0.5) is 0 Å². The SMILES string of the molecule is C#C.C=C.[W]. The van der Waals surface area contributed by atoms with Crippen molar-refractivity contribution in [1.29, 1.82) is 0 Å². The molecule has 0 N–H and O–H groups in total. The molecule has 0 saturated heterocycles. The molecule has 0 fully saturated rings. The van der Waals surface area contributed by atoms with E-state index in [4.69, 9.17) is 0 Å². The summed E-state index contributed by atoms with van der Waals surface area (Å²) in [6.45, 7) is 6.00. The fraction of sp³-hybridized carbons (Fsp3) is 0. The van der Waals surface area contributed by atoms with E-state index >= 15 is 0 Å². The van der Waals surface area contributed by atoms with Gasteiger partial charge in [0.25, 0.3) is 0 Å². The third-order valence-corrected chi connectivity index (χ3v) is 0. The molecule has 0 aliphatic carbocycles. The molecule has 0 aromatic rings. The molecule has 28 valence electrons. The minimum absolute atomic E-state index is 0. The zero-order chi connectivity index (χ0) is 4.00. The van der Waals surface area contributed by atoms with Gasteiger partial charge in [0, 0.05) is 21.1 Å². The van der Waals surface area contributed by atoms with Gasteiger partial charge in [-0.15, -0.1) is 26.0 Å². The molecule has 0 aliphatic rings. The summed E-state index contributed by atoms with van der Waals surface area (Å²) in [5.41, 5.74) is 0. The summed E-state index contributed by atoms with van der Waals surface area (Å²) in [5.74, 6) is 0.